The lowest BCUT2D eigenvalue weighted by atomic mass is 10.2. The fourth-order valence-corrected chi connectivity index (χ4v) is 4.07. The molecule has 172 valence electrons. The molecule has 0 bridgehead atoms. The van der Waals surface area contributed by atoms with Crippen molar-refractivity contribution >= 4 is 51.1 Å². The molecule has 2 N–H and O–H groups in total. The van der Waals surface area contributed by atoms with Crippen LogP contribution in [0.1, 0.15) is 19.4 Å². The number of rotatable bonds is 7. The minimum Gasteiger partial charge on any atom is -0.507 e. The van der Waals surface area contributed by atoms with Gasteiger partial charge in [0, 0.05) is 30.4 Å². The van der Waals surface area contributed by atoms with Crippen molar-refractivity contribution in [3.8, 4) is 5.75 Å². The predicted molar refractivity (Wildman–Crippen MR) is 144 cm³/mol. The van der Waals surface area contributed by atoms with Crippen molar-refractivity contribution in [3.63, 3.8) is 0 Å². The van der Waals surface area contributed by atoms with Crippen LogP contribution >= 0.6 is 11.8 Å². The number of benzene rings is 3. The zero-order valence-corrected chi connectivity index (χ0v) is 19.9. The fraction of sp³-hybridized carbons (Fsp3) is 0.154. The fourth-order valence-electron chi connectivity index (χ4n) is 3.33. The van der Waals surface area contributed by atoms with E-state index in [2.05, 4.69) is 39.3 Å². The van der Waals surface area contributed by atoms with Crippen LogP contribution in [0.25, 0.3) is 0 Å². The molecule has 0 spiro atoms. The molecule has 8 heteroatoms. The average molecular weight is 471 g/mol. The first kappa shape index (κ1) is 23.3. The molecular formula is C26H26N6OS. The van der Waals surface area contributed by atoms with E-state index >= 15 is 0 Å². The molecule has 1 heterocycles. The number of hydrogen-bond acceptors (Lipinski definition) is 7. The molecule has 1 aliphatic rings. The van der Waals surface area contributed by atoms with Crippen LogP contribution in [0.4, 0.5) is 17.1 Å². The van der Waals surface area contributed by atoms with Crippen molar-refractivity contribution in [2.75, 3.05) is 18.0 Å². The summed E-state index contributed by atoms with van der Waals surface area (Å²) in [4.78, 5) is 16.1. The smallest absolute Gasteiger partial charge is 0.190 e. The van der Waals surface area contributed by atoms with Gasteiger partial charge in [-0.05, 0) is 62.0 Å². The Labute approximate surface area is 203 Å². The summed E-state index contributed by atoms with van der Waals surface area (Å²) >= 11 is 1.36. The summed E-state index contributed by atoms with van der Waals surface area (Å²) < 4.78 is 0. The Morgan fingerprint density at radius 1 is 0.912 bits per heavy atom. The van der Waals surface area contributed by atoms with E-state index in [0.717, 1.165) is 30.2 Å². The zero-order chi connectivity index (χ0) is 23.8. The van der Waals surface area contributed by atoms with Gasteiger partial charge in [0.25, 0.3) is 0 Å². The van der Waals surface area contributed by atoms with E-state index in [1.54, 1.807) is 12.3 Å². The number of hydrazone groups is 1. The van der Waals surface area contributed by atoms with Crippen LogP contribution in [-0.2, 0) is 0 Å². The second-order valence-electron chi connectivity index (χ2n) is 7.33. The topological polar surface area (TPSA) is 84.9 Å². The summed E-state index contributed by atoms with van der Waals surface area (Å²) in [7, 11) is 0. The molecule has 0 radical (unpaired) electrons. The molecule has 34 heavy (non-hydrogen) atoms. The Morgan fingerprint density at radius 2 is 1.56 bits per heavy atom. The standard InChI is InChI=1S/C26H26N6OS/c1-3-32(4-2)22-16-15-19(23(33)17-22)18-27-31-26-30-24(28-20-11-7-5-8-12-20)25(34-26)29-21-13-9-6-10-14-21/h5-18,33H,3-4H2,1-2H3,(H,28,30,31)/b27-18-,29-25?. The molecule has 0 fully saturated rings. The van der Waals surface area contributed by atoms with Crippen LogP contribution in [0.2, 0.25) is 0 Å². The van der Waals surface area contributed by atoms with E-state index in [1.165, 1.54) is 11.8 Å². The maximum Gasteiger partial charge on any atom is 0.190 e. The van der Waals surface area contributed by atoms with Crippen molar-refractivity contribution in [2.45, 2.75) is 13.8 Å². The lowest BCUT2D eigenvalue weighted by Crippen LogP contribution is -2.21. The predicted octanol–water partition coefficient (Wildman–Crippen LogP) is 5.73. The third-order valence-electron chi connectivity index (χ3n) is 5.08. The van der Waals surface area contributed by atoms with Crippen LogP contribution in [-0.4, -0.2) is 40.5 Å². The molecule has 0 saturated heterocycles. The maximum absolute atomic E-state index is 10.4. The Balaban J connectivity index is 1.53. The van der Waals surface area contributed by atoms with Gasteiger partial charge < -0.3 is 10.0 Å². The Hall–Kier alpha value is -3.91. The van der Waals surface area contributed by atoms with Crippen LogP contribution in [0, 0.1) is 0 Å². The van der Waals surface area contributed by atoms with Crippen LogP contribution in [0.5, 0.6) is 5.75 Å². The number of thioether (sulfide) groups is 1. The van der Waals surface area contributed by atoms with Gasteiger partial charge in [-0.2, -0.15) is 5.10 Å². The van der Waals surface area contributed by atoms with Gasteiger partial charge in [0.1, 0.15) is 10.8 Å². The van der Waals surface area contributed by atoms with E-state index in [4.69, 9.17) is 4.99 Å². The van der Waals surface area contributed by atoms with Gasteiger partial charge >= 0.3 is 0 Å². The first-order chi connectivity index (χ1) is 16.7. The molecule has 7 nitrogen and oxygen atoms in total. The highest BCUT2D eigenvalue weighted by molar-refractivity contribution is 8.28. The second kappa shape index (κ2) is 11.3. The molecule has 0 atom stereocenters. The Bertz CT molecular complexity index is 1230. The number of aromatic hydroxyl groups is 1. The third-order valence-corrected chi connectivity index (χ3v) is 5.92. The largest absolute Gasteiger partial charge is 0.507 e. The quantitative estimate of drug-likeness (QED) is 0.341. The summed E-state index contributed by atoms with van der Waals surface area (Å²) in [5.41, 5.74) is 6.16. The molecule has 3 aromatic rings. The summed E-state index contributed by atoms with van der Waals surface area (Å²) in [5.74, 6) is 0.692. The highest BCUT2D eigenvalue weighted by atomic mass is 32.2. The molecule has 0 unspecified atom stereocenters. The number of anilines is 1. The van der Waals surface area contributed by atoms with Gasteiger partial charge in [0.15, 0.2) is 11.0 Å². The second-order valence-corrected chi connectivity index (χ2v) is 8.31. The molecule has 0 aliphatic carbocycles. The Morgan fingerprint density at radius 3 is 2.18 bits per heavy atom. The van der Waals surface area contributed by atoms with Gasteiger partial charge in [-0.1, -0.05) is 36.4 Å². The first-order valence-electron chi connectivity index (χ1n) is 11.1. The van der Waals surface area contributed by atoms with Crippen LogP contribution in [0.3, 0.4) is 0 Å². The van der Waals surface area contributed by atoms with E-state index in [9.17, 15) is 5.11 Å². The minimum atomic E-state index is 0.175. The number of phenols is 1. The van der Waals surface area contributed by atoms with Gasteiger partial charge in [0.2, 0.25) is 0 Å². The number of hydrogen-bond donors (Lipinski definition) is 2. The van der Waals surface area contributed by atoms with Crippen molar-refractivity contribution in [2.24, 2.45) is 20.1 Å². The monoisotopic (exact) mass is 470 g/mol. The molecule has 0 aromatic heterocycles. The highest BCUT2D eigenvalue weighted by Gasteiger charge is 2.22. The Kier molecular flexibility index (Phi) is 7.72. The van der Waals surface area contributed by atoms with Crippen molar-refractivity contribution < 1.29 is 5.11 Å². The third kappa shape index (κ3) is 5.90. The first-order valence-corrected chi connectivity index (χ1v) is 11.9. The number of nitrogens with zero attached hydrogens (tertiary/aromatic N) is 5. The number of amidine groups is 2. The molecule has 4 rings (SSSR count). The normalized spacial score (nSPS) is 15.8. The summed E-state index contributed by atoms with van der Waals surface area (Å²) in [6, 6.07) is 24.9. The van der Waals surface area contributed by atoms with Gasteiger partial charge in [0.05, 0.1) is 17.6 Å². The average Bonchev–Trinajstić information content (AvgIpc) is 3.23. The molecule has 0 amide bonds. The van der Waals surface area contributed by atoms with E-state index in [-0.39, 0.29) is 5.75 Å². The molecular weight excluding hydrogens is 444 g/mol. The summed E-state index contributed by atoms with van der Waals surface area (Å²) in [6.45, 7) is 5.93. The number of nitrogens with one attached hydrogen (secondary N) is 1. The molecule has 1 aliphatic heterocycles. The summed E-state index contributed by atoms with van der Waals surface area (Å²) in [5, 5.41) is 15.9. The number of aliphatic imine (C=N–C) groups is 3. The van der Waals surface area contributed by atoms with E-state index < -0.39 is 0 Å². The number of para-hydroxylation sites is 2. The number of phenolic OH excluding ortho intramolecular Hbond substituents is 1. The van der Waals surface area contributed by atoms with Crippen LogP contribution < -0.4 is 10.3 Å². The van der Waals surface area contributed by atoms with Gasteiger partial charge in [-0.3, -0.25) is 5.43 Å². The maximum atomic E-state index is 10.4. The summed E-state index contributed by atoms with van der Waals surface area (Å²) in [6.07, 6.45) is 1.57. The highest BCUT2D eigenvalue weighted by Crippen LogP contribution is 2.25. The van der Waals surface area contributed by atoms with E-state index in [0.29, 0.717) is 21.6 Å². The van der Waals surface area contributed by atoms with Crippen molar-refractivity contribution in [1.29, 1.82) is 0 Å². The minimum absolute atomic E-state index is 0.175. The molecule has 3 aromatic carbocycles. The van der Waals surface area contributed by atoms with Crippen molar-refractivity contribution in [1.82, 2.24) is 5.43 Å². The van der Waals surface area contributed by atoms with Crippen LogP contribution in [0.15, 0.2) is 98.9 Å². The van der Waals surface area contributed by atoms with Gasteiger partial charge in [-0.25, -0.2) is 15.0 Å². The lowest BCUT2D eigenvalue weighted by molar-refractivity contribution is 0.474. The van der Waals surface area contributed by atoms with Crippen molar-refractivity contribution in [3.05, 3.63) is 84.4 Å². The molecule has 0 saturated carbocycles. The lowest BCUT2D eigenvalue weighted by Gasteiger charge is -2.21. The van der Waals surface area contributed by atoms with E-state index in [1.807, 2.05) is 72.8 Å². The van der Waals surface area contributed by atoms with Gasteiger partial charge in [-0.15, -0.1) is 0 Å². The SMILES string of the molecule is CCN(CC)c1ccc(/C=N\NC2=NC(=Nc3ccccc3)C(=Nc3ccccc3)S2)c(O)c1. The zero-order valence-electron chi connectivity index (χ0n) is 19.1.